The zero-order valence-corrected chi connectivity index (χ0v) is 20.9. The van der Waals surface area contributed by atoms with Gasteiger partial charge in [-0.2, -0.15) is 0 Å². The van der Waals surface area contributed by atoms with E-state index in [1.807, 2.05) is 26.0 Å². The van der Waals surface area contributed by atoms with E-state index in [1.165, 1.54) is 12.1 Å². The van der Waals surface area contributed by atoms with Crippen molar-refractivity contribution in [2.45, 2.75) is 37.7 Å². The topological polar surface area (TPSA) is 72.5 Å². The molecule has 0 saturated heterocycles. The molecule has 3 aromatic rings. The molecule has 3 aromatic carbocycles. The van der Waals surface area contributed by atoms with E-state index < -0.39 is 15.4 Å². The first-order valence-electron chi connectivity index (χ1n) is 10.4. The molecular formula is C25H25Cl2NO4S. The summed E-state index contributed by atoms with van der Waals surface area (Å²) < 4.78 is 29.9. The van der Waals surface area contributed by atoms with Gasteiger partial charge in [0.15, 0.2) is 9.84 Å². The van der Waals surface area contributed by atoms with Crippen LogP contribution >= 0.6 is 23.2 Å². The highest BCUT2D eigenvalue weighted by Gasteiger charge is 2.24. The summed E-state index contributed by atoms with van der Waals surface area (Å²) in [5, 5.41) is 3.91. The fraction of sp³-hybridized carbons (Fsp3) is 0.240. The number of carbonyl (C=O) groups is 1. The molecule has 0 fully saturated rings. The number of benzene rings is 3. The Morgan fingerprint density at radius 3 is 2.06 bits per heavy atom. The van der Waals surface area contributed by atoms with Crippen molar-refractivity contribution in [1.82, 2.24) is 0 Å². The van der Waals surface area contributed by atoms with Gasteiger partial charge < -0.3 is 10.1 Å². The third-order valence-electron chi connectivity index (χ3n) is 5.10. The Morgan fingerprint density at radius 1 is 0.939 bits per heavy atom. The smallest absolute Gasteiger partial charge is 0.228 e. The van der Waals surface area contributed by atoms with Crippen molar-refractivity contribution in [3.8, 4) is 5.75 Å². The molecule has 0 unspecified atom stereocenters. The molecular weight excluding hydrogens is 481 g/mol. The van der Waals surface area contributed by atoms with Crippen LogP contribution in [-0.2, 0) is 26.7 Å². The van der Waals surface area contributed by atoms with Gasteiger partial charge in [0.25, 0.3) is 0 Å². The van der Waals surface area contributed by atoms with Gasteiger partial charge in [-0.1, -0.05) is 42.3 Å². The van der Waals surface area contributed by atoms with Crippen molar-refractivity contribution < 1.29 is 17.9 Å². The number of hydrogen-bond donors (Lipinski definition) is 1. The molecule has 0 atom stereocenters. The minimum Gasteiger partial charge on any atom is -0.483 e. The monoisotopic (exact) mass is 505 g/mol. The maximum Gasteiger partial charge on any atom is 0.228 e. The molecule has 1 amide bonds. The molecule has 0 aliphatic rings. The number of sulfone groups is 1. The maximum absolute atomic E-state index is 12.4. The zero-order chi connectivity index (χ0) is 24.2. The summed E-state index contributed by atoms with van der Waals surface area (Å²) in [7, 11) is -3.26. The molecule has 33 heavy (non-hydrogen) atoms. The van der Waals surface area contributed by atoms with Crippen LogP contribution in [0.3, 0.4) is 0 Å². The van der Waals surface area contributed by atoms with Gasteiger partial charge in [0.05, 0.1) is 17.1 Å². The molecule has 1 N–H and O–H groups in total. The molecule has 0 aliphatic carbocycles. The molecule has 0 aromatic heterocycles. The standard InChI is InChI=1S/C25H25Cl2NO4S/c1-4-33(30,31)23-11-5-17(6-12-23)13-24(29)28-21-7-9-22(10-8-21)32-25(2,3)18-14-19(26)16-20(27)15-18/h5-12,14-16H,4,13H2,1-3H3,(H,28,29). The van der Waals surface area contributed by atoms with Gasteiger partial charge in [0.1, 0.15) is 11.4 Å². The normalized spacial score (nSPS) is 11.8. The van der Waals surface area contributed by atoms with E-state index in [0.717, 1.165) is 11.1 Å². The maximum atomic E-state index is 12.4. The van der Waals surface area contributed by atoms with Crippen molar-refractivity contribution in [1.29, 1.82) is 0 Å². The molecule has 5 nitrogen and oxygen atoms in total. The first kappa shape index (κ1) is 25.1. The van der Waals surface area contributed by atoms with E-state index in [1.54, 1.807) is 49.4 Å². The van der Waals surface area contributed by atoms with Gasteiger partial charge in [-0.05, 0) is 79.6 Å². The van der Waals surface area contributed by atoms with E-state index in [4.69, 9.17) is 27.9 Å². The number of carbonyl (C=O) groups excluding carboxylic acids is 1. The lowest BCUT2D eigenvalue weighted by Crippen LogP contribution is -2.25. The van der Waals surface area contributed by atoms with Gasteiger partial charge in [-0.25, -0.2) is 8.42 Å². The van der Waals surface area contributed by atoms with Crippen LogP contribution in [-0.4, -0.2) is 20.1 Å². The van der Waals surface area contributed by atoms with Crippen molar-refractivity contribution in [3.63, 3.8) is 0 Å². The molecule has 0 spiro atoms. The van der Waals surface area contributed by atoms with E-state index in [-0.39, 0.29) is 23.0 Å². The second-order valence-corrected chi connectivity index (χ2v) is 11.2. The SMILES string of the molecule is CCS(=O)(=O)c1ccc(CC(=O)Nc2ccc(OC(C)(C)c3cc(Cl)cc(Cl)c3)cc2)cc1. The van der Waals surface area contributed by atoms with Crippen LogP contribution < -0.4 is 10.1 Å². The third kappa shape index (κ3) is 6.73. The van der Waals surface area contributed by atoms with Crippen LogP contribution in [0, 0.1) is 0 Å². The van der Waals surface area contributed by atoms with E-state index in [0.29, 0.717) is 21.5 Å². The number of anilines is 1. The summed E-state index contributed by atoms with van der Waals surface area (Å²) in [5.74, 6) is 0.460. The van der Waals surface area contributed by atoms with Crippen molar-refractivity contribution in [2.75, 3.05) is 11.1 Å². The summed E-state index contributed by atoms with van der Waals surface area (Å²) in [5.41, 5.74) is 1.53. The lowest BCUT2D eigenvalue weighted by atomic mass is 9.98. The van der Waals surface area contributed by atoms with Crippen molar-refractivity contribution in [3.05, 3.63) is 87.9 Å². The molecule has 0 radical (unpaired) electrons. The average Bonchev–Trinajstić information content (AvgIpc) is 2.74. The van der Waals surface area contributed by atoms with Crippen molar-refractivity contribution in [2.24, 2.45) is 0 Å². The number of hydrogen-bond acceptors (Lipinski definition) is 4. The summed E-state index contributed by atoms with van der Waals surface area (Å²) in [6, 6.07) is 18.7. The molecule has 0 bridgehead atoms. The Labute approximate surface area is 204 Å². The molecule has 0 heterocycles. The van der Waals surface area contributed by atoms with E-state index in [9.17, 15) is 13.2 Å². The molecule has 0 saturated carbocycles. The fourth-order valence-corrected chi connectivity index (χ4v) is 4.64. The Kier molecular flexibility index (Phi) is 7.73. The molecule has 8 heteroatoms. The van der Waals surface area contributed by atoms with Crippen molar-refractivity contribution >= 4 is 44.6 Å². The third-order valence-corrected chi connectivity index (χ3v) is 7.28. The van der Waals surface area contributed by atoms with Crippen LogP contribution in [0.25, 0.3) is 0 Å². The molecule has 3 rings (SSSR count). The van der Waals surface area contributed by atoms with Gasteiger partial charge in [-0.3, -0.25) is 4.79 Å². The van der Waals surface area contributed by atoms with Gasteiger partial charge in [0.2, 0.25) is 5.91 Å². The van der Waals surface area contributed by atoms with E-state index in [2.05, 4.69) is 5.32 Å². The first-order chi connectivity index (χ1) is 15.5. The lowest BCUT2D eigenvalue weighted by molar-refractivity contribution is -0.115. The lowest BCUT2D eigenvalue weighted by Gasteiger charge is -2.27. The number of rotatable bonds is 8. The summed E-state index contributed by atoms with van der Waals surface area (Å²) in [4.78, 5) is 12.7. The average molecular weight is 506 g/mol. The predicted octanol–water partition coefficient (Wildman–Crippen LogP) is 6.28. The van der Waals surface area contributed by atoms with Crippen LogP contribution in [0.4, 0.5) is 5.69 Å². The zero-order valence-electron chi connectivity index (χ0n) is 18.6. The Bertz CT molecular complexity index is 1220. The van der Waals surface area contributed by atoms with Gasteiger partial charge >= 0.3 is 0 Å². The first-order valence-corrected chi connectivity index (χ1v) is 12.8. The highest BCUT2D eigenvalue weighted by molar-refractivity contribution is 7.91. The number of halogens is 2. The summed E-state index contributed by atoms with van der Waals surface area (Å²) >= 11 is 12.2. The minimum absolute atomic E-state index is 0.0383. The summed E-state index contributed by atoms with van der Waals surface area (Å²) in [6.45, 7) is 5.43. The largest absolute Gasteiger partial charge is 0.483 e. The highest BCUT2D eigenvalue weighted by atomic mass is 35.5. The molecule has 174 valence electrons. The Morgan fingerprint density at radius 2 is 1.52 bits per heavy atom. The van der Waals surface area contributed by atoms with Crippen LogP contribution in [0.2, 0.25) is 10.0 Å². The second-order valence-electron chi connectivity index (χ2n) is 8.07. The second kappa shape index (κ2) is 10.2. The van der Waals surface area contributed by atoms with Crippen LogP contribution in [0.5, 0.6) is 5.75 Å². The summed E-state index contributed by atoms with van der Waals surface area (Å²) in [6.07, 6.45) is 0.132. The number of nitrogens with one attached hydrogen (secondary N) is 1. The number of ether oxygens (including phenoxy) is 1. The quantitative estimate of drug-likeness (QED) is 0.390. The van der Waals surface area contributed by atoms with E-state index >= 15 is 0 Å². The van der Waals surface area contributed by atoms with Gasteiger partial charge in [0, 0.05) is 15.7 Å². The predicted molar refractivity (Wildman–Crippen MR) is 133 cm³/mol. The van der Waals surface area contributed by atoms with Crippen LogP contribution in [0.15, 0.2) is 71.6 Å². The minimum atomic E-state index is -3.26. The number of amides is 1. The Balaban J connectivity index is 1.61. The van der Waals surface area contributed by atoms with Gasteiger partial charge in [-0.15, -0.1) is 0 Å². The molecule has 0 aliphatic heterocycles. The fourth-order valence-electron chi connectivity index (χ4n) is 3.23. The Hall–Kier alpha value is -2.54. The highest BCUT2D eigenvalue weighted by Crippen LogP contribution is 2.32. The van der Waals surface area contributed by atoms with Crippen LogP contribution in [0.1, 0.15) is 31.9 Å².